The molecule has 21 heavy (non-hydrogen) atoms. The number of nitrogens with one attached hydrogen (secondary N) is 1. The molecule has 0 bridgehead atoms. The van der Waals surface area contributed by atoms with Crippen LogP contribution in [-0.2, 0) is 6.54 Å². The molecule has 1 aromatic carbocycles. The number of nitrogens with two attached hydrogens (primary N) is 1. The van der Waals surface area contributed by atoms with E-state index in [4.69, 9.17) is 5.73 Å². The maximum absolute atomic E-state index is 12.0. The van der Waals surface area contributed by atoms with Gasteiger partial charge in [0.25, 0.3) is 5.91 Å². The van der Waals surface area contributed by atoms with Gasteiger partial charge in [-0.2, -0.15) is 0 Å². The van der Waals surface area contributed by atoms with Crippen molar-refractivity contribution in [3.63, 3.8) is 0 Å². The number of carbonyl (C=O) groups is 1. The Hall–Kier alpha value is -2.01. The number of carbonyl (C=O) groups excluding carboxylic acids is 1. The number of aryl methyl sites for hydroxylation is 2. The van der Waals surface area contributed by atoms with Crippen LogP contribution in [0.3, 0.4) is 0 Å². The molecule has 0 spiro atoms. The molecule has 1 amide bonds. The van der Waals surface area contributed by atoms with Gasteiger partial charge in [0, 0.05) is 36.0 Å². The maximum Gasteiger partial charge on any atom is 0.253 e. The Labute approximate surface area is 129 Å². The topological polar surface area (TPSA) is 58.4 Å². The third kappa shape index (κ3) is 3.55. The first-order valence-corrected chi connectivity index (χ1v) is 7.61. The standard InChI is InChI=1S/C16H21N3OS/c1-10-7-13(21-11(10)2)9-18-15-8-12(5-6-14(15)17)16(20)19(3)4/h5-8,18H,9,17H2,1-4H3. The fourth-order valence-electron chi connectivity index (χ4n) is 2.02. The van der Waals surface area contributed by atoms with Crippen molar-refractivity contribution in [3.05, 3.63) is 45.1 Å². The molecule has 4 nitrogen and oxygen atoms in total. The fourth-order valence-corrected chi connectivity index (χ4v) is 3.01. The van der Waals surface area contributed by atoms with Crippen molar-refractivity contribution >= 4 is 28.6 Å². The quantitative estimate of drug-likeness (QED) is 0.852. The molecule has 0 aliphatic carbocycles. The third-order valence-electron chi connectivity index (χ3n) is 3.38. The summed E-state index contributed by atoms with van der Waals surface area (Å²) in [4.78, 5) is 16.1. The van der Waals surface area contributed by atoms with E-state index in [1.165, 1.54) is 15.3 Å². The summed E-state index contributed by atoms with van der Waals surface area (Å²) in [5, 5.41) is 3.32. The van der Waals surface area contributed by atoms with Gasteiger partial charge in [0.2, 0.25) is 0 Å². The van der Waals surface area contributed by atoms with Crippen LogP contribution >= 0.6 is 11.3 Å². The van der Waals surface area contributed by atoms with Gasteiger partial charge in [0.15, 0.2) is 0 Å². The normalized spacial score (nSPS) is 10.5. The molecule has 0 atom stereocenters. The second-order valence-electron chi connectivity index (χ2n) is 5.31. The summed E-state index contributed by atoms with van der Waals surface area (Å²) in [5.41, 5.74) is 9.37. The fraction of sp³-hybridized carbons (Fsp3) is 0.312. The SMILES string of the molecule is Cc1cc(CNc2cc(C(=O)N(C)C)ccc2N)sc1C. The zero-order valence-electron chi connectivity index (χ0n) is 12.9. The summed E-state index contributed by atoms with van der Waals surface area (Å²) in [6.07, 6.45) is 0. The molecule has 2 aromatic rings. The minimum absolute atomic E-state index is 0.0270. The van der Waals surface area contributed by atoms with Gasteiger partial charge in [-0.15, -0.1) is 11.3 Å². The molecule has 0 fully saturated rings. The first kappa shape index (κ1) is 15.4. The van der Waals surface area contributed by atoms with Gasteiger partial charge >= 0.3 is 0 Å². The van der Waals surface area contributed by atoms with Gasteiger partial charge in [-0.3, -0.25) is 4.79 Å². The van der Waals surface area contributed by atoms with E-state index in [9.17, 15) is 4.79 Å². The number of thiophene rings is 1. The molecule has 5 heteroatoms. The number of hydrogen-bond donors (Lipinski definition) is 2. The van der Waals surface area contributed by atoms with Crippen molar-refractivity contribution in [2.24, 2.45) is 0 Å². The number of nitrogen functional groups attached to an aromatic ring is 1. The lowest BCUT2D eigenvalue weighted by atomic mass is 10.1. The first-order chi connectivity index (χ1) is 9.88. The Balaban J connectivity index is 2.15. The summed E-state index contributed by atoms with van der Waals surface area (Å²) in [5.74, 6) is -0.0270. The van der Waals surface area contributed by atoms with Crippen LogP contribution in [0.4, 0.5) is 11.4 Å². The summed E-state index contributed by atoms with van der Waals surface area (Å²) in [6, 6.07) is 7.51. The first-order valence-electron chi connectivity index (χ1n) is 6.79. The summed E-state index contributed by atoms with van der Waals surface area (Å²) in [7, 11) is 3.48. The van der Waals surface area contributed by atoms with Crippen molar-refractivity contribution in [1.82, 2.24) is 4.90 Å². The van der Waals surface area contributed by atoms with Crippen LogP contribution < -0.4 is 11.1 Å². The molecule has 0 saturated heterocycles. The largest absolute Gasteiger partial charge is 0.397 e. The van der Waals surface area contributed by atoms with Crippen molar-refractivity contribution in [2.45, 2.75) is 20.4 Å². The van der Waals surface area contributed by atoms with Crippen molar-refractivity contribution in [1.29, 1.82) is 0 Å². The molecule has 0 saturated carbocycles. The lowest BCUT2D eigenvalue weighted by molar-refractivity contribution is 0.0827. The second-order valence-corrected chi connectivity index (χ2v) is 6.65. The molecule has 0 aliphatic heterocycles. The average molecular weight is 303 g/mol. The molecule has 2 rings (SSSR count). The van der Waals surface area contributed by atoms with E-state index in [1.54, 1.807) is 42.5 Å². The smallest absolute Gasteiger partial charge is 0.253 e. The summed E-state index contributed by atoms with van der Waals surface area (Å²) >= 11 is 1.78. The highest BCUT2D eigenvalue weighted by atomic mass is 32.1. The van der Waals surface area contributed by atoms with Crippen molar-refractivity contribution in [2.75, 3.05) is 25.1 Å². The number of amides is 1. The predicted molar refractivity (Wildman–Crippen MR) is 90.0 cm³/mol. The van der Waals surface area contributed by atoms with Crippen LogP contribution in [0.2, 0.25) is 0 Å². The van der Waals surface area contributed by atoms with Gasteiger partial charge < -0.3 is 16.0 Å². The Morgan fingerprint density at radius 3 is 2.57 bits per heavy atom. The van der Waals surface area contributed by atoms with E-state index in [0.29, 0.717) is 17.8 Å². The van der Waals surface area contributed by atoms with Crippen molar-refractivity contribution < 1.29 is 4.79 Å². The van der Waals surface area contributed by atoms with Crippen LogP contribution in [0.15, 0.2) is 24.3 Å². The second kappa shape index (κ2) is 6.18. The van der Waals surface area contributed by atoms with Crippen LogP contribution in [0.1, 0.15) is 25.7 Å². The molecular weight excluding hydrogens is 282 g/mol. The molecule has 0 unspecified atom stereocenters. The van der Waals surface area contributed by atoms with E-state index in [1.807, 2.05) is 6.07 Å². The molecule has 3 N–H and O–H groups in total. The number of nitrogens with zero attached hydrogens (tertiary/aromatic N) is 1. The number of anilines is 2. The number of rotatable bonds is 4. The zero-order chi connectivity index (χ0) is 15.6. The third-order valence-corrected chi connectivity index (χ3v) is 4.53. The Morgan fingerprint density at radius 1 is 1.29 bits per heavy atom. The molecule has 0 radical (unpaired) electrons. The van der Waals surface area contributed by atoms with E-state index in [-0.39, 0.29) is 5.91 Å². The Morgan fingerprint density at radius 2 is 2.00 bits per heavy atom. The highest BCUT2D eigenvalue weighted by Gasteiger charge is 2.10. The molecule has 1 heterocycles. The number of benzene rings is 1. The molecule has 0 aliphatic rings. The van der Waals surface area contributed by atoms with Gasteiger partial charge in [-0.25, -0.2) is 0 Å². The summed E-state index contributed by atoms with van der Waals surface area (Å²) in [6.45, 7) is 4.94. The van der Waals surface area contributed by atoms with Gasteiger partial charge in [-0.1, -0.05) is 0 Å². The van der Waals surface area contributed by atoms with E-state index in [2.05, 4.69) is 25.2 Å². The molecule has 112 valence electrons. The van der Waals surface area contributed by atoms with Crippen molar-refractivity contribution in [3.8, 4) is 0 Å². The minimum Gasteiger partial charge on any atom is -0.397 e. The highest BCUT2D eigenvalue weighted by Crippen LogP contribution is 2.25. The zero-order valence-corrected chi connectivity index (χ0v) is 13.7. The van der Waals surface area contributed by atoms with Gasteiger partial charge in [0.05, 0.1) is 11.4 Å². The Bertz CT molecular complexity index is 642. The minimum atomic E-state index is -0.0270. The van der Waals surface area contributed by atoms with Crippen LogP contribution in [-0.4, -0.2) is 24.9 Å². The lowest BCUT2D eigenvalue weighted by Crippen LogP contribution is -2.21. The van der Waals surface area contributed by atoms with Crippen LogP contribution in [0.25, 0.3) is 0 Å². The van der Waals surface area contributed by atoms with E-state index in [0.717, 1.165) is 5.69 Å². The van der Waals surface area contributed by atoms with Crippen LogP contribution in [0.5, 0.6) is 0 Å². The maximum atomic E-state index is 12.0. The summed E-state index contributed by atoms with van der Waals surface area (Å²) < 4.78 is 0. The van der Waals surface area contributed by atoms with Gasteiger partial charge in [-0.05, 0) is 43.7 Å². The van der Waals surface area contributed by atoms with Crippen LogP contribution in [0, 0.1) is 13.8 Å². The van der Waals surface area contributed by atoms with E-state index >= 15 is 0 Å². The van der Waals surface area contributed by atoms with E-state index < -0.39 is 0 Å². The molecule has 1 aromatic heterocycles. The highest BCUT2D eigenvalue weighted by molar-refractivity contribution is 7.12. The average Bonchev–Trinajstić information content (AvgIpc) is 2.76. The monoisotopic (exact) mass is 303 g/mol. The molecular formula is C16H21N3OS. The lowest BCUT2D eigenvalue weighted by Gasteiger charge is -2.13. The van der Waals surface area contributed by atoms with Gasteiger partial charge in [0.1, 0.15) is 0 Å². The number of hydrogen-bond acceptors (Lipinski definition) is 4. The predicted octanol–water partition coefficient (Wildman–Crippen LogP) is 3.26. The Kier molecular flexibility index (Phi) is 4.53.